The van der Waals surface area contributed by atoms with Gasteiger partial charge in [-0.3, -0.25) is 9.59 Å². The third kappa shape index (κ3) is 3.57. The van der Waals surface area contributed by atoms with Crippen LogP contribution < -0.4 is 10.2 Å². The van der Waals surface area contributed by atoms with Gasteiger partial charge in [-0.1, -0.05) is 35.9 Å². The topological polar surface area (TPSA) is 49.4 Å². The SMILES string of the molecule is O=C(NCc1ccc(F)cc1)[C@@H]1CC(=O)N(c2ccccc2Cl)C1. The first-order valence-electron chi connectivity index (χ1n) is 7.61. The average molecular weight is 347 g/mol. The summed E-state index contributed by atoms with van der Waals surface area (Å²) in [5, 5.41) is 3.28. The molecule has 1 aliphatic rings. The Labute approximate surface area is 144 Å². The summed E-state index contributed by atoms with van der Waals surface area (Å²) in [6.45, 7) is 0.605. The van der Waals surface area contributed by atoms with E-state index >= 15 is 0 Å². The van der Waals surface area contributed by atoms with Crippen molar-refractivity contribution in [3.63, 3.8) is 0 Å². The van der Waals surface area contributed by atoms with Crippen LogP contribution >= 0.6 is 11.6 Å². The summed E-state index contributed by atoms with van der Waals surface area (Å²) in [6, 6.07) is 13.0. The number of anilines is 1. The minimum Gasteiger partial charge on any atom is -0.352 e. The zero-order valence-electron chi connectivity index (χ0n) is 12.8. The Kier molecular flexibility index (Phi) is 4.81. The van der Waals surface area contributed by atoms with E-state index in [2.05, 4.69) is 5.32 Å². The number of halogens is 2. The van der Waals surface area contributed by atoms with E-state index in [1.165, 1.54) is 12.1 Å². The Hall–Kier alpha value is -2.40. The molecule has 0 aliphatic carbocycles. The smallest absolute Gasteiger partial charge is 0.227 e. The van der Waals surface area contributed by atoms with E-state index in [-0.39, 0.29) is 24.1 Å². The second-order valence-corrected chi connectivity index (χ2v) is 6.11. The van der Waals surface area contributed by atoms with Crippen LogP contribution in [0.15, 0.2) is 48.5 Å². The number of nitrogens with zero attached hydrogens (tertiary/aromatic N) is 1. The van der Waals surface area contributed by atoms with Crippen molar-refractivity contribution in [2.24, 2.45) is 5.92 Å². The number of carbonyl (C=O) groups is 2. The zero-order chi connectivity index (χ0) is 17.1. The fourth-order valence-electron chi connectivity index (χ4n) is 2.72. The Morgan fingerprint density at radius 1 is 1.21 bits per heavy atom. The second-order valence-electron chi connectivity index (χ2n) is 5.70. The minimum absolute atomic E-state index is 0.120. The molecule has 1 aliphatic heterocycles. The highest BCUT2D eigenvalue weighted by Gasteiger charge is 2.35. The summed E-state index contributed by atoms with van der Waals surface area (Å²) in [5.41, 5.74) is 1.43. The van der Waals surface area contributed by atoms with E-state index in [1.54, 1.807) is 41.3 Å². The third-order valence-corrected chi connectivity index (χ3v) is 4.34. The van der Waals surface area contributed by atoms with Crippen LogP contribution in [0.1, 0.15) is 12.0 Å². The lowest BCUT2D eigenvalue weighted by molar-refractivity contribution is -0.126. The number of para-hydroxylation sites is 1. The molecule has 2 amide bonds. The van der Waals surface area contributed by atoms with Gasteiger partial charge >= 0.3 is 0 Å². The fourth-order valence-corrected chi connectivity index (χ4v) is 2.96. The molecule has 1 N–H and O–H groups in total. The van der Waals surface area contributed by atoms with Crippen LogP contribution in [-0.4, -0.2) is 18.4 Å². The van der Waals surface area contributed by atoms with Gasteiger partial charge in [0, 0.05) is 19.5 Å². The molecule has 6 heteroatoms. The van der Waals surface area contributed by atoms with Gasteiger partial charge in [0.15, 0.2) is 0 Å². The van der Waals surface area contributed by atoms with Crippen molar-refractivity contribution in [3.8, 4) is 0 Å². The molecule has 0 spiro atoms. The number of benzene rings is 2. The van der Waals surface area contributed by atoms with Crippen molar-refractivity contribution < 1.29 is 14.0 Å². The molecule has 2 aromatic carbocycles. The van der Waals surface area contributed by atoms with Crippen LogP contribution in [0.2, 0.25) is 5.02 Å². The van der Waals surface area contributed by atoms with Crippen molar-refractivity contribution in [2.75, 3.05) is 11.4 Å². The van der Waals surface area contributed by atoms with E-state index in [0.717, 1.165) is 5.56 Å². The Morgan fingerprint density at radius 3 is 2.62 bits per heavy atom. The number of hydrogen-bond donors (Lipinski definition) is 1. The van der Waals surface area contributed by atoms with Crippen LogP contribution in [0, 0.1) is 11.7 Å². The maximum atomic E-state index is 12.9. The predicted octanol–water partition coefficient (Wildman–Crippen LogP) is 3.15. The van der Waals surface area contributed by atoms with Gasteiger partial charge in [0.1, 0.15) is 5.82 Å². The molecule has 0 bridgehead atoms. The van der Waals surface area contributed by atoms with Crippen LogP contribution in [0.25, 0.3) is 0 Å². The van der Waals surface area contributed by atoms with Crippen molar-refractivity contribution in [1.82, 2.24) is 5.32 Å². The van der Waals surface area contributed by atoms with Gasteiger partial charge in [0.25, 0.3) is 0 Å². The predicted molar refractivity (Wildman–Crippen MR) is 90.2 cm³/mol. The first-order chi connectivity index (χ1) is 11.5. The summed E-state index contributed by atoms with van der Waals surface area (Å²) in [7, 11) is 0. The van der Waals surface area contributed by atoms with Crippen LogP contribution in [0.5, 0.6) is 0 Å². The van der Waals surface area contributed by atoms with Crippen molar-refractivity contribution in [2.45, 2.75) is 13.0 Å². The standard InChI is InChI=1S/C18H16ClFN2O2/c19-15-3-1-2-4-16(15)22-11-13(9-17(22)23)18(24)21-10-12-5-7-14(20)8-6-12/h1-8,13H,9-11H2,(H,21,24)/t13-/m1/s1. The Balaban J connectivity index is 1.62. The van der Waals surface area contributed by atoms with Gasteiger partial charge in [-0.15, -0.1) is 0 Å². The monoisotopic (exact) mass is 346 g/mol. The van der Waals surface area contributed by atoms with Crippen molar-refractivity contribution in [3.05, 3.63) is 64.9 Å². The van der Waals surface area contributed by atoms with Crippen molar-refractivity contribution in [1.29, 1.82) is 0 Å². The summed E-state index contributed by atoms with van der Waals surface area (Å²) in [4.78, 5) is 26.0. The summed E-state index contributed by atoms with van der Waals surface area (Å²) < 4.78 is 12.9. The van der Waals surface area contributed by atoms with Gasteiger partial charge in [-0.2, -0.15) is 0 Å². The van der Waals surface area contributed by atoms with Gasteiger partial charge in [0.05, 0.1) is 16.6 Å². The van der Waals surface area contributed by atoms with Gasteiger partial charge in [-0.05, 0) is 29.8 Å². The minimum atomic E-state index is -0.422. The fraction of sp³-hybridized carbons (Fsp3) is 0.222. The van der Waals surface area contributed by atoms with E-state index < -0.39 is 5.92 Å². The lowest BCUT2D eigenvalue weighted by Gasteiger charge is -2.18. The molecule has 0 unspecified atom stereocenters. The second kappa shape index (κ2) is 7.01. The van der Waals surface area contributed by atoms with Crippen molar-refractivity contribution >= 4 is 29.1 Å². The zero-order valence-corrected chi connectivity index (χ0v) is 13.6. The highest BCUT2D eigenvalue weighted by molar-refractivity contribution is 6.33. The molecule has 1 atom stereocenters. The maximum absolute atomic E-state index is 12.9. The van der Waals surface area contributed by atoms with E-state index in [0.29, 0.717) is 23.8 Å². The molecule has 1 heterocycles. The van der Waals surface area contributed by atoms with E-state index in [1.807, 2.05) is 0 Å². The number of carbonyl (C=O) groups excluding carboxylic acids is 2. The molecular formula is C18H16ClFN2O2. The average Bonchev–Trinajstić information content (AvgIpc) is 2.96. The number of amides is 2. The van der Waals surface area contributed by atoms with Gasteiger partial charge in [0.2, 0.25) is 11.8 Å². The molecule has 0 radical (unpaired) electrons. The first-order valence-corrected chi connectivity index (χ1v) is 7.99. The van der Waals surface area contributed by atoms with E-state index in [9.17, 15) is 14.0 Å². The number of rotatable bonds is 4. The molecule has 1 fully saturated rings. The molecule has 1 saturated heterocycles. The Morgan fingerprint density at radius 2 is 1.92 bits per heavy atom. The van der Waals surface area contributed by atoms with Gasteiger partial charge in [-0.25, -0.2) is 4.39 Å². The molecule has 0 saturated carbocycles. The molecule has 24 heavy (non-hydrogen) atoms. The largest absolute Gasteiger partial charge is 0.352 e. The maximum Gasteiger partial charge on any atom is 0.227 e. The quantitative estimate of drug-likeness (QED) is 0.924. The van der Waals surface area contributed by atoms with Crippen LogP contribution in [-0.2, 0) is 16.1 Å². The highest BCUT2D eigenvalue weighted by atomic mass is 35.5. The van der Waals surface area contributed by atoms with Crippen LogP contribution in [0.4, 0.5) is 10.1 Å². The number of hydrogen-bond acceptors (Lipinski definition) is 2. The third-order valence-electron chi connectivity index (χ3n) is 4.02. The molecule has 3 rings (SSSR count). The van der Waals surface area contributed by atoms with Crippen LogP contribution in [0.3, 0.4) is 0 Å². The van der Waals surface area contributed by atoms with Gasteiger partial charge < -0.3 is 10.2 Å². The highest BCUT2D eigenvalue weighted by Crippen LogP contribution is 2.31. The molecule has 2 aromatic rings. The molecule has 4 nitrogen and oxygen atoms in total. The lowest BCUT2D eigenvalue weighted by atomic mass is 10.1. The molecular weight excluding hydrogens is 331 g/mol. The first kappa shape index (κ1) is 16.5. The normalized spacial score (nSPS) is 17.2. The Bertz CT molecular complexity index is 764. The summed E-state index contributed by atoms with van der Waals surface area (Å²) >= 11 is 6.13. The molecule has 124 valence electrons. The summed E-state index contributed by atoms with van der Waals surface area (Å²) in [6.07, 6.45) is 0.153. The molecule has 0 aromatic heterocycles. The lowest BCUT2D eigenvalue weighted by Crippen LogP contribution is -2.32. The summed E-state index contributed by atoms with van der Waals surface area (Å²) in [5.74, 6) is -1.05. The number of nitrogens with one attached hydrogen (secondary N) is 1. The van der Waals surface area contributed by atoms with E-state index in [4.69, 9.17) is 11.6 Å².